The number of esters is 1. The van der Waals surface area contributed by atoms with Gasteiger partial charge in [-0.2, -0.15) is 0 Å². The average Bonchev–Trinajstić information content (AvgIpc) is 2.82. The number of hydrogen-bond donors (Lipinski definition) is 0. The van der Waals surface area contributed by atoms with Crippen molar-refractivity contribution < 1.29 is 38.0 Å². The topological polar surface area (TPSA) is 81.7 Å². The zero-order valence-corrected chi connectivity index (χ0v) is 21.4. The van der Waals surface area contributed by atoms with Crippen molar-refractivity contribution >= 4 is 5.97 Å². The van der Waals surface area contributed by atoms with Crippen molar-refractivity contribution in [2.75, 3.05) is 48.6 Å². The molecule has 0 aromatic rings. The molecular weight excluding hydrogens is 440 g/mol. The van der Waals surface area contributed by atoms with Gasteiger partial charge in [0, 0.05) is 34.5 Å². The van der Waals surface area contributed by atoms with Crippen LogP contribution in [-0.4, -0.2) is 79.0 Å². The first-order valence-corrected chi connectivity index (χ1v) is 11.6. The fourth-order valence-electron chi connectivity index (χ4n) is 3.60. The van der Waals surface area contributed by atoms with E-state index in [-0.39, 0.29) is 38.5 Å². The van der Waals surface area contributed by atoms with Crippen LogP contribution < -0.4 is 0 Å². The van der Waals surface area contributed by atoms with E-state index in [1.54, 1.807) is 40.6 Å². The third-order valence-electron chi connectivity index (χ3n) is 5.37. The van der Waals surface area contributed by atoms with E-state index in [4.69, 9.17) is 33.2 Å². The van der Waals surface area contributed by atoms with Crippen LogP contribution in [0, 0.1) is 5.92 Å². The third kappa shape index (κ3) is 12.6. The van der Waals surface area contributed by atoms with E-state index in [0.717, 1.165) is 24.8 Å². The van der Waals surface area contributed by atoms with Crippen molar-refractivity contribution in [2.45, 2.75) is 57.5 Å². The van der Waals surface area contributed by atoms with Gasteiger partial charge >= 0.3 is 5.97 Å². The summed E-state index contributed by atoms with van der Waals surface area (Å²) in [6.07, 6.45) is 14.0. The van der Waals surface area contributed by atoms with E-state index in [0.29, 0.717) is 5.92 Å². The van der Waals surface area contributed by atoms with Crippen molar-refractivity contribution in [1.82, 2.24) is 0 Å². The van der Waals surface area contributed by atoms with Crippen LogP contribution in [0.25, 0.3) is 0 Å². The van der Waals surface area contributed by atoms with E-state index >= 15 is 0 Å². The molecule has 0 bridgehead atoms. The highest BCUT2D eigenvalue weighted by Gasteiger charge is 2.24. The molecule has 0 spiro atoms. The summed E-state index contributed by atoms with van der Waals surface area (Å²) in [6.45, 7) is 4.56. The number of cyclic esters (lactones) is 1. The molecule has 0 N–H and O–H groups in total. The predicted molar refractivity (Wildman–Crippen MR) is 130 cm³/mol. The van der Waals surface area contributed by atoms with Gasteiger partial charge < -0.3 is 33.2 Å². The van der Waals surface area contributed by atoms with Gasteiger partial charge in [-0.15, -0.1) is 0 Å². The molecule has 8 nitrogen and oxygen atoms in total. The Hall–Kier alpha value is -1.81. The molecule has 0 amide bonds. The maximum absolute atomic E-state index is 12.2. The highest BCUT2D eigenvalue weighted by molar-refractivity contribution is 5.82. The van der Waals surface area contributed by atoms with Crippen molar-refractivity contribution in [1.29, 1.82) is 0 Å². The second-order valence-corrected chi connectivity index (χ2v) is 8.18. The summed E-state index contributed by atoms with van der Waals surface area (Å²) in [5.41, 5.74) is 1.14. The molecule has 0 aromatic heterocycles. The largest absolute Gasteiger partial charge is 0.460 e. The molecular formula is C26H42O8. The molecule has 1 aliphatic rings. The number of carbonyl (C=O) groups excluding carboxylic acids is 1. The lowest BCUT2D eigenvalue weighted by Crippen LogP contribution is -2.36. The first-order valence-electron chi connectivity index (χ1n) is 11.6. The van der Waals surface area contributed by atoms with Crippen LogP contribution in [0.3, 0.4) is 0 Å². The first-order chi connectivity index (χ1) is 16.4. The molecule has 1 heterocycles. The van der Waals surface area contributed by atoms with Crippen LogP contribution in [0.2, 0.25) is 0 Å². The van der Waals surface area contributed by atoms with E-state index in [1.165, 1.54) is 6.08 Å². The van der Waals surface area contributed by atoms with E-state index in [2.05, 4.69) is 19.9 Å². The summed E-state index contributed by atoms with van der Waals surface area (Å²) in [7, 11) is 6.37. The average molecular weight is 483 g/mol. The zero-order valence-electron chi connectivity index (χ0n) is 21.4. The Morgan fingerprint density at radius 2 is 1.62 bits per heavy atom. The van der Waals surface area contributed by atoms with Crippen LogP contribution >= 0.6 is 0 Å². The number of carbonyl (C=O) groups is 1. The summed E-state index contributed by atoms with van der Waals surface area (Å²) in [5.74, 6) is -0.0981. The maximum Gasteiger partial charge on any atom is 0.330 e. The molecule has 8 heteroatoms. The summed E-state index contributed by atoms with van der Waals surface area (Å²) < 4.78 is 38.3. The van der Waals surface area contributed by atoms with Gasteiger partial charge in [0.1, 0.15) is 38.5 Å². The molecule has 0 fully saturated rings. The number of rotatable bonds is 8. The van der Waals surface area contributed by atoms with Crippen LogP contribution in [0.15, 0.2) is 48.1 Å². The Balaban J connectivity index is 3.11. The van der Waals surface area contributed by atoms with Gasteiger partial charge in [-0.1, -0.05) is 55.4 Å². The molecule has 0 aliphatic carbocycles. The minimum Gasteiger partial charge on any atom is -0.460 e. The lowest BCUT2D eigenvalue weighted by atomic mass is 9.98. The molecule has 0 radical (unpaired) electrons. The molecule has 5 atom stereocenters. The van der Waals surface area contributed by atoms with Gasteiger partial charge in [0.2, 0.25) is 0 Å². The maximum atomic E-state index is 12.2. The lowest BCUT2D eigenvalue weighted by molar-refractivity contribution is -0.160. The van der Waals surface area contributed by atoms with Crippen molar-refractivity contribution in [3.63, 3.8) is 0 Å². The third-order valence-corrected chi connectivity index (χ3v) is 5.37. The molecule has 0 saturated carbocycles. The number of ether oxygens (including phenoxy) is 7. The monoisotopic (exact) mass is 482 g/mol. The second-order valence-electron chi connectivity index (χ2n) is 8.18. The standard InChI is InChI=1S/C26H42O8/c1-20-10-9-12-23(31-6)25(34-19-29-4)17-32-26(27)13-8-7-11-22(30-5)24(33-18-28-3)15-14-21(2)16-20/h7-8,11,13-16,20,22-25H,9-10,12,17-19H2,1-6H3/b11-7+,13-8+,15-14+,21-16-/t20-,22+,23-,24+,25?/m0/s1. The molecule has 34 heavy (non-hydrogen) atoms. The predicted octanol–water partition coefficient (Wildman–Crippen LogP) is 3.97. The number of allylic oxidation sites excluding steroid dienone is 5. The Kier molecular flexibility index (Phi) is 16.5. The van der Waals surface area contributed by atoms with Gasteiger partial charge in [-0.05, 0) is 25.7 Å². The van der Waals surface area contributed by atoms with Gasteiger partial charge in [-0.3, -0.25) is 0 Å². The van der Waals surface area contributed by atoms with Gasteiger partial charge in [0.25, 0.3) is 0 Å². The van der Waals surface area contributed by atoms with Gasteiger partial charge in [0.05, 0.1) is 6.10 Å². The molecule has 0 saturated heterocycles. The summed E-state index contributed by atoms with van der Waals surface area (Å²) in [4.78, 5) is 12.2. The van der Waals surface area contributed by atoms with Crippen LogP contribution in [-0.2, 0) is 38.0 Å². The Morgan fingerprint density at radius 3 is 2.29 bits per heavy atom. The van der Waals surface area contributed by atoms with Crippen molar-refractivity contribution in [3.8, 4) is 0 Å². The van der Waals surface area contributed by atoms with E-state index in [1.807, 2.05) is 18.2 Å². The fourth-order valence-corrected chi connectivity index (χ4v) is 3.60. The minimum atomic E-state index is -0.474. The first kappa shape index (κ1) is 30.2. The highest BCUT2D eigenvalue weighted by Crippen LogP contribution is 2.18. The normalized spacial score (nSPS) is 32.4. The fraction of sp³-hybridized carbons (Fsp3) is 0.654. The molecule has 0 aromatic carbocycles. The minimum absolute atomic E-state index is 0.0703. The van der Waals surface area contributed by atoms with Crippen LogP contribution in [0.1, 0.15) is 33.1 Å². The van der Waals surface area contributed by atoms with Crippen molar-refractivity contribution in [3.05, 3.63) is 48.1 Å². The summed E-state index contributed by atoms with van der Waals surface area (Å²) >= 11 is 0. The SMILES string of the molecule is COCOC1COC(=O)/C=C/C=C/[C@@H](OC)[C@H](OCOC)/C=C/C(C)=C\[C@@H](C)CCC[C@@H]1OC. The summed E-state index contributed by atoms with van der Waals surface area (Å²) in [6, 6.07) is 0. The smallest absolute Gasteiger partial charge is 0.330 e. The Bertz CT molecular complexity index is 670. The lowest BCUT2D eigenvalue weighted by Gasteiger charge is -2.26. The van der Waals surface area contributed by atoms with E-state index < -0.39 is 12.1 Å². The quantitative estimate of drug-likeness (QED) is 0.380. The number of methoxy groups -OCH3 is 4. The van der Waals surface area contributed by atoms with E-state index in [9.17, 15) is 4.79 Å². The second kappa shape index (κ2) is 18.5. The molecule has 1 unspecified atom stereocenters. The zero-order chi connectivity index (χ0) is 25.2. The van der Waals surface area contributed by atoms with Gasteiger partial charge in [-0.25, -0.2) is 4.79 Å². The Labute approximate surface area is 204 Å². The van der Waals surface area contributed by atoms with Crippen molar-refractivity contribution in [2.24, 2.45) is 5.92 Å². The molecule has 194 valence electrons. The Morgan fingerprint density at radius 1 is 0.882 bits per heavy atom. The highest BCUT2D eigenvalue weighted by atomic mass is 16.7. The molecule has 1 rings (SSSR count). The number of hydrogen-bond acceptors (Lipinski definition) is 8. The van der Waals surface area contributed by atoms with Gasteiger partial charge in [0.15, 0.2) is 0 Å². The molecule has 1 aliphatic heterocycles. The summed E-state index contributed by atoms with van der Waals surface area (Å²) in [5, 5.41) is 0. The van der Waals surface area contributed by atoms with Crippen LogP contribution in [0.5, 0.6) is 0 Å². The van der Waals surface area contributed by atoms with Crippen LogP contribution in [0.4, 0.5) is 0 Å².